The average molecular weight is 903 g/mol. The van der Waals surface area contributed by atoms with Crippen LogP contribution in [0.1, 0.15) is 309 Å². The third-order valence-electron chi connectivity index (χ3n) is 13.2. The summed E-state index contributed by atoms with van der Waals surface area (Å²) in [7, 11) is 0. The molecule has 3 N–H and O–H groups in total. The molecule has 6 nitrogen and oxygen atoms in total. The third kappa shape index (κ3) is 49.8. The molecule has 6 heteroatoms. The molecule has 0 saturated heterocycles. The number of nitrogens with one attached hydrogen (secondary N) is 1. The molecular weight excluding hydrogens is 791 g/mol. The fourth-order valence-corrected chi connectivity index (χ4v) is 8.81. The Morgan fingerprint density at radius 3 is 1.11 bits per heavy atom. The molecule has 2 unspecified atom stereocenters. The first-order chi connectivity index (χ1) is 31.5. The molecule has 0 aliphatic rings. The fraction of sp³-hybridized carbons (Fsp3) is 0.897. The molecule has 0 aliphatic heterocycles. The number of allylic oxidation sites excluding steroid dienone is 3. The molecule has 1 amide bonds. The Labute approximate surface area is 399 Å². The quantitative estimate of drug-likeness (QED) is 0.0321. The van der Waals surface area contributed by atoms with Crippen LogP contribution in [0, 0.1) is 0 Å². The molecule has 0 aromatic rings. The minimum atomic E-state index is -0.845. The summed E-state index contributed by atoms with van der Waals surface area (Å²) in [6.07, 6.45) is 64.8. The lowest BCUT2D eigenvalue weighted by molar-refractivity contribution is -0.143. The highest BCUT2D eigenvalue weighted by Gasteiger charge is 2.18. The van der Waals surface area contributed by atoms with E-state index in [4.69, 9.17) is 4.74 Å². The molecule has 0 aromatic heterocycles. The molecule has 0 spiro atoms. The number of aliphatic hydroxyl groups is 2. The third-order valence-corrected chi connectivity index (χ3v) is 13.2. The van der Waals surface area contributed by atoms with Gasteiger partial charge in [-0.2, -0.15) is 0 Å². The van der Waals surface area contributed by atoms with Gasteiger partial charge in [0.1, 0.15) is 0 Å². The van der Waals surface area contributed by atoms with E-state index in [1.807, 2.05) is 6.08 Å². The van der Waals surface area contributed by atoms with Crippen LogP contribution in [0.25, 0.3) is 0 Å². The van der Waals surface area contributed by atoms with E-state index in [0.717, 1.165) is 44.9 Å². The molecule has 0 aromatic carbocycles. The van der Waals surface area contributed by atoms with Gasteiger partial charge in [0.05, 0.1) is 25.4 Å². The van der Waals surface area contributed by atoms with Gasteiger partial charge in [-0.1, -0.05) is 263 Å². The SMILES string of the molecule is CCCCCCCC/C=C\CCCCCCCC(=O)OCCCCCCCCCCCCCCCCCCCCCC(=O)NC(CO)C(O)/C=C/CCCCCCCCCCCCC. The average Bonchev–Trinajstić information content (AvgIpc) is 3.29. The number of hydrogen-bond acceptors (Lipinski definition) is 5. The Morgan fingerprint density at radius 2 is 0.734 bits per heavy atom. The summed E-state index contributed by atoms with van der Waals surface area (Å²) in [5.74, 6) is -0.0703. The standard InChI is InChI=1S/C58H111NO5/c1-3-5-7-9-11-13-15-17-23-28-32-36-40-44-48-52-58(63)64-53-49-45-41-37-33-29-25-22-20-18-19-21-24-27-31-35-39-43-47-51-57(62)59-55(54-60)56(61)50-46-42-38-34-30-26-16-14-12-10-8-6-4-2/h17,23,46,50,55-56,60-61H,3-16,18-22,24-45,47-49,51-54H2,1-2H3,(H,59,62)/b23-17-,50-46+. The number of aliphatic hydroxyl groups excluding tert-OH is 2. The van der Waals surface area contributed by atoms with Crippen LogP contribution in [0.4, 0.5) is 0 Å². The van der Waals surface area contributed by atoms with E-state index >= 15 is 0 Å². The zero-order valence-electron chi connectivity index (χ0n) is 43.0. The molecule has 0 aliphatic carbocycles. The molecule has 64 heavy (non-hydrogen) atoms. The highest BCUT2D eigenvalue weighted by molar-refractivity contribution is 5.76. The number of carbonyl (C=O) groups is 2. The number of esters is 1. The van der Waals surface area contributed by atoms with Crippen molar-refractivity contribution in [1.82, 2.24) is 5.32 Å². The largest absolute Gasteiger partial charge is 0.466 e. The number of hydrogen-bond donors (Lipinski definition) is 3. The maximum absolute atomic E-state index is 12.4. The van der Waals surface area contributed by atoms with Crippen molar-refractivity contribution >= 4 is 11.9 Å². The fourth-order valence-electron chi connectivity index (χ4n) is 8.81. The van der Waals surface area contributed by atoms with Crippen molar-refractivity contribution in [3.05, 3.63) is 24.3 Å². The van der Waals surface area contributed by atoms with Crippen molar-refractivity contribution in [2.75, 3.05) is 13.2 Å². The van der Waals surface area contributed by atoms with Gasteiger partial charge in [-0.15, -0.1) is 0 Å². The van der Waals surface area contributed by atoms with E-state index in [2.05, 4.69) is 31.3 Å². The monoisotopic (exact) mass is 902 g/mol. The maximum atomic E-state index is 12.4. The van der Waals surface area contributed by atoms with Gasteiger partial charge < -0.3 is 20.3 Å². The molecule has 2 atom stereocenters. The summed E-state index contributed by atoms with van der Waals surface area (Å²) in [4.78, 5) is 24.5. The van der Waals surface area contributed by atoms with E-state index in [0.29, 0.717) is 19.4 Å². The molecule has 0 bridgehead atoms. The van der Waals surface area contributed by atoms with Crippen molar-refractivity contribution in [3.63, 3.8) is 0 Å². The Morgan fingerprint density at radius 1 is 0.422 bits per heavy atom. The minimum absolute atomic E-state index is 0.000378. The van der Waals surface area contributed by atoms with Gasteiger partial charge in [0.2, 0.25) is 5.91 Å². The second-order valence-electron chi connectivity index (χ2n) is 19.6. The first-order valence-corrected chi connectivity index (χ1v) is 28.6. The minimum Gasteiger partial charge on any atom is -0.466 e. The molecule has 0 fully saturated rings. The number of ether oxygens (including phenoxy) is 1. The van der Waals surface area contributed by atoms with Crippen LogP contribution < -0.4 is 5.32 Å². The van der Waals surface area contributed by atoms with Crippen LogP contribution in [0.2, 0.25) is 0 Å². The van der Waals surface area contributed by atoms with Gasteiger partial charge in [0.25, 0.3) is 0 Å². The van der Waals surface area contributed by atoms with E-state index in [1.54, 1.807) is 6.08 Å². The predicted molar refractivity (Wildman–Crippen MR) is 278 cm³/mol. The van der Waals surface area contributed by atoms with Crippen LogP contribution in [-0.2, 0) is 14.3 Å². The van der Waals surface area contributed by atoms with Crippen molar-refractivity contribution < 1.29 is 24.5 Å². The van der Waals surface area contributed by atoms with Crippen molar-refractivity contribution in [2.24, 2.45) is 0 Å². The second kappa shape index (κ2) is 54.0. The Bertz CT molecular complexity index is 997. The topological polar surface area (TPSA) is 95.9 Å². The first kappa shape index (κ1) is 62.3. The lowest BCUT2D eigenvalue weighted by atomic mass is 10.0. The van der Waals surface area contributed by atoms with Crippen LogP contribution in [0.5, 0.6) is 0 Å². The highest BCUT2D eigenvalue weighted by atomic mass is 16.5. The molecule has 0 radical (unpaired) electrons. The summed E-state index contributed by atoms with van der Waals surface area (Å²) in [5.41, 5.74) is 0. The van der Waals surface area contributed by atoms with Gasteiger partial charge in [0.15, 0.2) is 0 Å². The van der Waals surface area contributed by atoms with Crippen LogP contribution in [0.3, 0.4) is 0 Å². The van der Waals surface area contributed by atoms with E-state index in [1.165, 1.54) is 238 Å². The molecular formula is C58H111NO5. The Kier molecular flexibility index (Phi) is 52.6. The zero-order valence-corrected chi connectivity index (χ0v) is 43.0. The van der Waals surface area contributed by atoms with E-state index in [9.17, 15) is 19.8 Å². The summed E-state index contributed by atoms with van der Waals surface area (Å²) < 4.78 is 5.47. The summed E-state index contributed by atoms with van der Waals surface area (Å²) in [5, 5.41) is 23.1. The van der Waals surface area contributed by atoms with Gasteiger partial charge >= 0.3 is 5.97 Å². The number of amides is 1. The van der Waals surface area contributed by atoms with Crippen LogP contribution in [0.15, 0.2) is 24.3 Å². The molecule has 378 valence electrons. The van der Waals surface area contributed by atoms with Gasteiger partial charge in [0, 0.05) is 12.8 Å². The number of carbonyl (C=O) groups excluding carboxylic acids is 2. The van der Waals surface area contributed by atoms with Gasteiger partial charge in [-0.05, 0) is 57.8 Å². The van der Waals surface area contributed by atoms with E-state index in [-0.39, 0.29) is 18.5 Å². The van der Waals surface area contributed by atoms with Crippen molar-refractivity contribution in [1.29, 1.82) is 0 Å². The highest BCUT2D eigenvalue weighted by Crippen LogP contribution is 2.17. The van der Waals surface area contributed by atoms with Crippen LogP contribution >= 0.6 is 0 Å². The second-order valence-corrected chi connectivity index (χ2v) is 19.6. The summed E-state index contributed by atoms with van der Waals surface area (Å²) >= 11 is 0. The first-order valence-electron chi connectivity index (χ1n) is 28.6. The Balaban J connectivity index is 3.41. The zero-order chi connectivity index (χ0) is 46.5. The number of rotatable bonds is 53. The molecule has 0 saturated carbocycles. The van der Waals surface area contributed by atoms with Crippen LogP contribution in [-0.4, -0.2) is 47.4 Å². The lowest BCUT2D eigenvalue weighted by Crippen LogP contribution is -2.45. The summed E-state index contributed by atoms with van der Waals surface area (Å²) in [6.45, 7) is 4.89. The lowest BCUT2D eigenvalue weighted by Gasteiger charge is -2.20. The van der Waals surface area contributed by atoms with E-state index < -0.39 is 12.1 Å². The molecule has 0 heterocycles. The Hall–Kier alpha value is -1.66. The van der Waals surface area contributed by atoms with Gasteiger partial charge in [-0.3, -0.25) is 9.59 Å². The normalized spacial score (nSPS) is 12.8. The predicted octanol–water partition coefficient (Wildman–Crippen LogP) is 17.5. The van der Waals surface area contributed by atoms with Crippen molar-refractivity contribution in [2.45, 2.75) is 321 Å². The molecule has 0 rings (SSSR count). The maximum Gasteiger partial charge on any atom is 0.305 e. The summed E-state index contributed by atoms with van der Waals surface area (Å²) in [6, 6.07) is -0.629. The smallest absolute Gasteiger partial charge is 0.305 e. The van der Waals surface area contributed by atoms with Gasteiger partial charge in [-0.25, -0.2) is 0 Å². The number of unbranched alkanes of at least 4 members (excludes halogenated alkanes) is 40. The van der Waals surface area contributed by atoms with Crippen molar-refractivity contribution in [3.8, 4) is 0 Å².